The Morgan fingerprint density at radius 2 is 1.97 bits per heavy atom. The van der Waals surface area contributed by atoms with Crippen LogP contribution in [0.25, 0.3) is 5.69 Å². The summed E-state index contributed by atoms with van der Waals surface area (Å²) in [4.78, 5) is 23.6. The maximum absolute atomic E-state index is 13.0. The fourth-order valence-electron chi connectivity index (χ4n) is 3.99. The standard InChI is InChI=1S/C22H22ClN5O4/c1-15-20(25-26-27(15)18-3-2-4-19(13-18)28(30)31)21(29)24-14-22(9-11-32-12-10-22)16-5-7-17(23)8-6-16/h2-8,13H,9-12,14H2,1H3,(H,24,29). The third kappa shape index (κ3) is 4.35. The molecule has 0 atom stereocenters. The van der Waals surface area contributed by atoms with E-state index >= 15 is 0 Å². The molecule has 1 saturated heterocycles. The van der Waals surface area contributed by atoms with Gasteiger partial charge in [-0.15, -0.1) is 5.10 Å². The Bertz CT molecular complexity index is 1140. The fourth-order valence-corrected chi connectivity index (χ4v) is 4.11. The van der Waals surface area contributed by atoms with Gasteiger partial charge < -0.3 is 10.1 Å². The van der Waals surface area contributed by atoms with Gasteiger partial charge in [-0.05, 0) is 43.5 Å². The lowest BCUT2D eigenvalue weighted by Crippen LogP contribution is -2.44. The predicted octanol–water partition coefficient (Wildman–Crippen LogP) is 3.62. The Hall–Kier alpha value is -3.30. The molecule has 0 radical (unpaired) electrons. The number of nitrogens with zero attached hydrogens (tertiary/aromatic N) is 4. The summed E-state index contributed by atoms with van der Waals surface area (Å²) in [5.41, 5.74) is 1.91. The highest BCUT2D eigenvalue weighted by molar-refractivity contribution is 6.30. The van der Waals surface area contributed by atoms with Crippen molar-refractivity contribution in [1.82, 2.24) is 20.3 Å². The predicted molar refractivity (Wildman–Crippen MR) is 118 cm³/mol. The highest BCUT2D eigenvalue weighted by Crippen LogP contribution is 2.35. The van der Waals surface area contributed by atoms with Gasteiger partial charge in [-0.25, -0.2) is 4.68 Å². The summed E-state index contributed by atoms with van der Waals surface area (Å²) in [5, 5.41) is 22.8. The molecule has 1 N–H and O–H groups in total. The number of non-ortho nitro benzene ring substituents is 1. The monoisotopic (exact) mass is 455 g/mol. The molecule has 1 fully saturated rings. The Kier molecular flexibility index (Phi) is 6.20. The first-order chi connectivity index (χ1) is 15.4. The van der Waals surface area contributed by atoms with Gasteiger partial charge in [-0.2, -0.15) is 0 Å². The number of rotatable bonds is 6. The number of amides is 1. The second kappa shape index (κ2) is 9.05. The fraction of sp³-hybridized carbons (Fsp3) is 0.318. The van der Waals surface area contributed by atoms with E-state index in [1.807, 2.05) is 24.3 Å². The number of hydrogen-bond acceptors (Lipinski definition) is 6. The Labute approximate surface area is 189 Å². The third-order valence-electron chi connectivity index (χ3n) is 5.89. The van der Waals surface area contributed by atoms with E-state index in [1.54, 1.807) is 19.1 Å². The van der Waals surface area contributed by atoms with Crippen molar-refractivity contribution < 1.29 is 14.5 Å². The highest BCUT2D eigenvalue weighted by Gasteiger charge is 2.35. The highest BCUT2D eigenvalue weighted by atomic mass is 35.5. The lowest BCUT2D eigenvalue weighted by Gasteiger charge is -2.38. The SMILES string of the molecule is Cc1c(C(=O)NCC2(c3ccc(Cl)cc3)CCOCC2)nnn1-c1cccc([N+](=O)[O-])c1. The van der Waals surface area contributed by atoms with E-state index in [9.17, 15) is 14.9 Å². The zero-order chi connectivity index (χ0) is 22.7. The zero-order valence-corrected chi connectivity index (χ0v) is 18.2. The van der Waals surface area contributed by atoms with Gasteiger partial charge in [0.2, 0.25) is 0 Å². The van der Waals surface area contributed by atoms with Gasteiger partial charge in [-0.1, -0.05) is 35.0 Å². The van der Waals surface area contributed by atoms with Crippen molar-refractivity contribution in [2.45, 2.75) is 25.2 Å². The molecule has 1 aliphatic rings. The van der Waals surface area contributed by atoms with Crippen molar-refractivity contribution in [3.8, 4) is 5.69 Å². The lowest BCUT2D eigenvalue weighted by atomic mass is 9.74. The molecule has 1 aromatic heterocycles. The normalized spacial score (nSPS) is 15.3. The molecule has 0 aliphatic carbocycles. The van der Waals surface area contributed by atoms with Crippen molar-refractivity contribution in [2.24, 2.45) is 0 Å². The van der Waals surface area contributed by atoms with Crippen LogP contribution in [-0.4, -0.2) is 45.6 Å². The van der Waals surface area contributed by atoms with Crippen molar-refractivity contribution in [2.75, 3.05) is 19.8 Å². The molecule has 32 heavy (non-hydrogen) atoms. The second-order valence-electron chi connectivity index (χ2n) is 7.79. The van der Waals surface area contributed by atoms with Crippen LogP contribution in [0.5, 0.6) is 0 Å². The largest absolute Gasteiger partial charge is 0.381 e. The molecule has 2 aromatic carbocycles. The van der Waals surface area contributed by atoms with Crippen LogP contribution in [0.3, 0.4) is 0 Å². The smallest absolute Gasteiger partial charge is 0.273 e. The minimum Gasteiger partial charge on any atom is -0.381 e. The summed E-state index contributed by atoms with van der Waals surface area (Å²) < 4.78 is 6.97. The van der Waals surface area contributed by atoms with Gasteiger partial charge in [0.05, 0.1) is 16.3 Å². The molecule has 0 saturated carbocycles. The number of ether oxygens (including phenoxy) is 1. The van der Waals surface area contributed by atoms with Crippen molar-refractivity contribution >= 4 is 23.2 Å². The molecule has 10 heteroatoms. The van der Waals surface area contributed by atoms with E-state index in [0.29, 0.717) is 36.2 Å². The van der Waals surface area contributed by atoms with Crippen molar-refractivity contribution in [1.29, 1.82) is 0 Å². The van der Waals surface area contributed by atoms with Crippen LogP contribution in [-0.2, 0) is 10.2 Å². The summed E-state index contributed by atoms with van der Waals surface area (Å²) in [6, 6.07) is 13.7. The summed E-state index contributed by atoms with van der Waals surface area (Å²) in [7, 11) is 0. The number of benzene rings is 2. The number of hydrogen-bond donors (Lipinski definition) is 1. The maximum atomic E-state index is 13.0. The number of carbonyl (C=O) groups excluding carboxylic acids is 1. The quantitative estimate of drug-likeness (QED) is 0.448. The third-order valence-corrected chi connectivity index (χ3v) is 6.14. The number of nitro benzene ring substituents is 1. The van der Waals surface area contributed by atoms with Crippen LogP contribution in [0.4, 0.5) is 5.69 Å². The molecular formula is C22H22ClN5O4. The van der Waals surface area contributed by atoms with Crippen LogP contribution in [0.1, 0.15) is 34.6 Å². The minimum absolute atomic E-state index is 0.0622. The van der Waals surface area contributed by atoms with E-state index in [1.165, 1.54) is 16.8 Å². The molecule has 4 rings (SSSR count). The zero-order valence-electron chi connectivity index (χ0n) is 17.5. The summed E-state index contributed by atoms with van der Waals surface area (Å²) in [6.07, 6.45) is 1.54. The molecule has 1 aliphatic heterocycles. The second-order valence-corrected chi connectivity index (χ2v) is 8.23. The Morgan fingerprint density at radius 3 is 2.66 bits per heavy atom. The van der Waals surface area contributed by atoms with Crippen LogP contribution in [0.2, 0.25) is 5.02 Å². The van der Waals surface area contributed by atoms with Crippen LogP contribution in [0.15, 0.2) is 48.5 Å². The van der Waals surface area contributed by atoms with Gasteiger partial charge in [0.25, 0.3) is 11.6 Å². The average Bonchev–Trinajstić information content (AvgIpc) is 3.20. The first-order valence-corrected chi connectivity index (χ1v) is 10.6. The van der Waals surface area contributed by atoms with Crippen LogP contribution >= 0.6 is 11.6 Å². The minimum atomic E-state index is -0.479. The van der Waals surface area contributed by atoms with Crippen molar-refractivity contribution in [3.05, 3.63) is 80.6 Å². The lowest BCUT2D eigenvalue weighted by molar-refractivity contribution is -0.384. The molecule has 0 unspecified atom stereocenters. The molecule has 0 spiro atoms. The molecule has 2 heterocycles. The molecule has 166 valence electrons. The first kappa shape index (κ1) is 21.9. The molecular weight excluding hydrogens is 434 g/mol. The van der Waals surface area contributed by atoms with Crippen LogP contribution < -0.4 is 5.32 Å². The van der Waals surface area contributed by atoms with Gasteiger partial charge in [0.1, 0.15) is 0 Å². The van der Waals surface area contributed by atoms with Gasteiger partial charge in [-0.3, -0.25) is 14.9 Å². The van der Waals surface area contributed by atoms with E-state index < -0.39 is 4.92 Å². The number of aromatic nitrogens is 3. The molecule has 3 aromatic rings. The summed E-state index contributed by atoms with van der Waals surface area (Å²) in [6.45, 7) is 3.35. The van der Waals surface area contributed by atoms with Gasteiger partial charge in [0.15, 0.2) is 5.69 Å². The van der Waals surface area contributed by atoms with Crippen LogP contribution in [0, 0.1) is 17.0 Å². The van der Waals surface area contributed by atoms with Gasteiger partial charge >= 0.3 is 0 Å². The van der Waals surface area contributed by atoms with Crippen molar-refractivity contribution in [3.63, 3.8) is 0 Å². The average molecular weight is 456 g/mol. The van der Waals surface area contributed by atoms with Gasteiger partial charge in [0, 0.05) is 42.3 Å². The number of nitrogens with one attached hydrogen (secondary N) is 1. The maximum Gasteiger partial charge on any atom is 0.273 e. The molecule has 1 amide bonds. The van der Waals surface area contributed by atoms with E-state index in [-0.39, 0.29) is 22.7 Å². The number of carbonyl (C=O) groups is 1. The van der Waals surface area contributed by atoms with E-state index in [0.717, 1.165) is 18.4 Å². The number of halogens is 1. The molecule has 9 nitrogen and oxygen atoms in total. The Morgan fingerprint density at radius 1 is 1.25 bits per heavy atom. The Balaban J connectivity index is 1.54. The van der Waals surface area contributed by atoms with E-state index in [4.69, 9.17) is 16.3 Å². The number of nitro groups is 1. The first-order valence-electron chi connectivity index (χ1n) is 10.2. The van der Waals surface area contributed by atoms with E-state index in [2.05, 4.69) is 15.6 Å². The topological polar surface area (TPSA) is 112 Å². The summed E-state index contributed by atoms with van der Waals surface area (Å²) in [5.74, 6) is -0.348. The molecule has 0 bridgehead atoms. The summed E-state index contributed by atoms with van der Waals surface area (Å²) >= 11 is 6.05.